The Kier molecular flexibility index (Phi) is 6.28. The number of urea groups is 1. The van der Waals surface area contributed by atoms with Gasteiger partial charge in [0, 0.05) is 40.2 Å². The first-order valence-corrected chi connectivity index (χ1v) is 11.8. The van der Waals surface area contributed by atoms with Crippen molar-refractivity contribution in [3.8, 4) is 0 Å². The summed E-state index contributed by atoms with van der Waals surface area (Å²) in [6, 6.07) is 22.8. The summed E-state index contributed by atoms with van der Waals surface area (Å²) in [6.45, 7) is 4.07. The summed E-state index contributed by atoms with van der Waals surface area (Å²) in [5.74, 6) is -0.130. The Bertz CT molecular complexity index is 1470. The Morgan fingerprint density at radius 3 is 2.50 bits per heavy atom. The maximum atomic E-state index is 12.5. The van der Waals surface area contributed by atoms with Crippen molar-refractivity contribution < 1.29 is 9.59 Å². The molecule has 0 bridgehead atoms. The number of rotatable bonds is 6. The van der Waals surface area contributed by atoms with Crippen molar-refractivity contribution in [2.24, 2.45) is 0 Å². The Hall–Kier alpha value is -4.78. The number of hydrogen-bond acceptors (Lipinski definition) is 3. The zero-order valence-corrected chi connectivity index (χ0v) is 20.1. The zero-order valence-electron chi connectivity index (χ0n) is 20.1. The molecule has 0 saturated heterocycles. The van der Waals surface area contributed by atoms with Crippen molar-refractivity contribution in [1.82, 2.24) is 4.98 Å². The van der Waals surface area contributed by atoms with Crippen LogP contribution in [0.3, 0.4) is 0 Å². The molecule has 36 heavy (non-hydrogen) atoms. The number of hydrogen-bond donors (Lipinski definition) is 5. The first kappa shape index (κ1) is 23.0. The van der Waals surface area contributed by atoms with E-state index in [0.29, 0.717) is 11.3 Å². The Labute approximate surface area is 209 Å². The van der Waals surface area contributed by atoms with Gasteiger partial charge in [-0.3, -0.25) is 4.79 Å². The average molecular weight is 478 g/mol. The predicted molar refractivity (Wildman–Crippen MR) is 147 cm³/mol. The number of carbonyl (C=O) groups excluding carboxylic acids is 2. The minimum Gasteiger partial charge on any atom is -0.362 e. The number of aromatic amines is 1. The van der Waals surface area contributed by atoms with Gasteiger partial charge in [-0.1, -0.05) is 31.2 Å². The quantitative estimate of drug-likeness (QED) is 0.198. The minimum atomic E-state index is -0.306. The monoisotopic (exact) mass is 477 g/mol. The van der Waals surface area contributed by atoms with Gasteiger partial charge in [0.15, 0.2) is 0 Å². The van der Waals surface area contributed by atoms with E-state index in [1.165, 1.54) is 0 Å². The molecule has 3 amide bonds. The molecule has 0 radical (unpaired) electrons. The molecule has 0 aliphatic carbocycles. The van der Waals surface area contributed by atoms with Crippen LogP contribution in [0.5, 0.6) is 0 Å². The second kappa shape index (κ2) is 9.84. The van der Waals surface area contributed by atoms with Crippen LogP contribution in [0.1, 0.15) is 29.3 Å². The van der Waals surface area contributed by atoms with Gasteiger partial charge in [0.05, 0.1) is 11.3 Å². The molecule has 0 atom stereocenters. The molecule has 1 aliphatic rings. The number of fused-ring (bicyclic) bond motifs is 1. The third kappa shape index (κ3) is 5.00. The van der Waals surface area contributed by atoms with Crippen LogP contribution in [0.15, 0.2) is 79.0 Å². The largest absolute Gasteiger partial charge is 0.362 e. The van der Waals surface area contributed by atoms with Crippen LogP contribution in [-0.4, -0.2) is 16.9 Å². The van der Waals surface area contributed by atoms with Crippen molar-refractivity contribution in [3.05, 3.63) is 101 Å². The van der Waals surface area contributed by atoms with E-state index in [9.17, 15) is 9.59 Å². The van der Waals surface area contributed by atoms with E-state index >= 15 is 0 Å². The van der Waals surface area contributed by atoms with Crippen LogP contribution in [-0.2, 0) is 11.2 Å². The standard InChI is InChI=1S/C29H27N5O2/c1-3-19-6-4-7-21(14-19)32-29(36)33-23-10-9-18(2)26(16-23)31-22-11-12-24-25(15-20-8-5-13-30-20)28(35)34-27(24)17-22/h4-17,30-31H,3H2,1-2H3,(H,34,35)(H2,32,33,36). The Morgan fingerprint density at radius 2 is 1.72 bits per heavy atom. The van der Waals surface area contributed by atoms with Crippen molar-refractivity contribution in [2.45, 2.75) is 20.3 Å². The molecule has 180 valence electrons. The van der Waals surface area contributed by atoms with Gasteiger partial charge in [0.1, 0.15) is 0 Å². The number of benzene rings is 3. The number of nitrogens with one attached hydrogen (secondary N) is 5. The molecular weight excluding hydrogens is 450 g/mol. The fraction of sp³-hybridized carbons (Fsp3) is 0.103. The van der Waals surface area contributed by atoms with Gasteiger partial charge in [0.25, 0.3) is 5.91 Å². The molecule has 0 fully saturated rings. The lowest BCUT2D eigenvalue weighted by molar-refractivity contribution is -0.110. The lowest BCUT2D eigenvalue weighted by Gasteiger charge is -2.14. The topological polar surface area (TPSA) is 98.0 Å². The third-order valence-corrected chi connectivity index (χ3v) is 6.09. The summed E-state index contributed by atoms with van der Waals surface area (Å²) in [4.78, 5) is 28.2. The summed E-state index contributed by atoms with van der Waals surface area (Å²) < 4.78 is 0. The van der Waals surface area contributed by atoms with Crippen LogP contribution in [0, 0.1) is 6.92 Å². The van der Waals surface area contributed by atoms with Crippen LogP contribution in [0.4, 0.5) is 33.2 Å². The van der Waals surface area contributed by atoms with Gasteiger partial charge in [-0.15, -0.1) is 0 Å². The highest BCUT2D eigenvalue weighted by atomic mass is 16.2. The molecule has 7 heteroatoms. The summed E-state index contributed by atoms with van der Waals surface area (Å²) in [5.41, 5.74) is 8.39. The van der Waals surface area contributed by atoms with Gasteiger partial charge < -0.3 is 26.3 Å². The Balaban J connectivity index is 1.31. The van der Waals surface area contributed by atoms with Crippen molar-refractivity contribution in [3.63, 3.8) is 0 Å². The zero-order chi connectivity index (χ0) is 25.1. The van der Waals surface area contributed by atoms with E-state index in [0.717, 1.165) is 51.6 Å². The maximum absolute atomic E-state index is 12.5. The fourth-order valence-corrected chi connectivity index (χ4v) is 4.16. The highest BCUT2D eigenvalue weighted by molar-refractivity contribution is 6.35. The van der Waals surface area contributed by atoms with Crippen LogP contribution in [0.25, 0.3) is 11.6 Å². The van der Waals surface area contributed by atoms with Crippen molar-refractivity contribution in [1.29, 1.82) is 0 Å². The van der Waals surface area contributed by atoms with E-state index in [-0.39, 0.29) is 11.9 Å². The van der Waals surface area contributed by atoms with Gasteiger partial charge in [-0.25, -0.2) is 4.79 Å². The van der Waals surface area contributed by atoms with Gasteiger partial charge in [-0.2, -0.15) is 0 Å². The maximum Gasteiger partial charge on any atom is 0.323 e. The average Bonchev–Trinajstić information content (AvgIpc) is 3.49. The number of anilines is 5. The summed E-state index contributed by atoms with van der Waals surface area (Å²) in [5, 5.41) is 12.1. The van der Waals surface area contributed by atoms with Crippen LogP contribution < -0.4 is 21.3 Å². The minimum absolute atomic E-state index is 0.130. The molecule has 1 aliphatic heterocycles. The van der Waals surface area contributed by atoms with Gasteiger partial charge >= 0.3 is 6.03 Å². The second-order valence-electron chi connectivity index (χ2n) is 8.69. The van der Waals surface area contributed by atoms with E-state index in [2.05, 4.69) is 33.2 Å². The SMILES string of the molecule is CCc1cccc(NC(=O)Nc2ccc(C)c(Nc3ccc4c(c3)NC(=O)C4=Cc3ccc[nH]3)c2)c1. The smallest absolute Gasteiger partial charge is 0.323 e. The molecule has 0 unspecified atom stereocenters. The highest BCUT2D eigenvalue weighted by Crippen LogP contribution is 2.36. The molecule has 5 rings (SSSR count). The van der Waals surface area contributed by atoms with Gasteiger partial charge in [-0.05, 0) is 79.1 Å². The first-order valence-electron chi connectivity index (χ1n) is 11.8. The molecule has 7 nitrogen and oxygen atoms in total. The molecule has 1 aromatic heterocycles. The molecule has 3 aromatic carbocycles. The van der Waals surface area contributed by atoms with E-state index in [4.69, 9.17) is 0 Å². The van der Waals surface area contributed by atoms with E-state index in [1.807, 2.05) is 92.0 Å². The molecular formula is C29H27N5O2. The van der Waals surface area contributed by atoms with E-state index < -0.39 is 0 Å². The van der Waals surface area contributed by atoms with Crippen LogP contribution >= 0.6 is 0 Å². The summed E-state index contributed by atoms with van der Waals surface area (Å²) in [7, 11) is 0. The molecule has 0 saturated carbocycles. The lowest BCUT2D eigenvalue weighted by atomic mass is 10.1. The first-order chi connectivity index (χ1) is 17.5. The second-order valence-corrected chi connectivity index (χ2v) is 8.69. The number of amides is 3. The molecule has 4 aromatic rings. The predicted octanol–water partition coefficient (Wildman–Crippen LogP) is 6.77. The van der Waals surface area contributed by atoms with E-state index in [1.54, 1.807) is 0 Å². The number of H-pyrrole nitrogens is 1. The number of aromatic nitrogens is 1. The number of carbonyl (C=O) groups is 2. The van der Waals surface area contributed by atoms with Gasteiger partial charge in [0.2, 0.25) is 0 Å². The lowest BCUT2D eigenvalue weighted by Crippen LogP contribution is -2.19. The highest BCUT2D eigenvalue weighted by Gasteiger charge is 2.24. The molecule has 0 spiro atoms. The normalized spacial score (nSPS) is 13.3. The van der Waals surface area contributed by atoms with Crippen molar-refractivity contribution in [2.75, 3.05) is 21.3 Å². The molecule has 2 heterocycles. The fourth-order valence-electron chi connectivity index (χ4n) is 4.16. The third-order valence-electron chi connectivity index (χ3n) is 6.09. The van der Waals surface area contributed by atoms with Crippen molar-refractivity contribution >= 4 is 52.0 Å². The summed E-state index contributed by atoms with van der Waals surface area (Å²) in [6.07, 6.45) is 4.57. The molecule has 5 N–H and O–H groups in total. The summed E-state index contributed by atoms with van der Waals surface area (Å²) >= 11 is 0. The Morgan fingerprint density at radius 1 is 0.917 bits per heavy atom. The van der Waals surface area contributed by atoms with Crippen LogP contribution in [0.2, 0.25) is 0 Å². The number of aryl methyl sites for hydroxylation is 2.